The minimum absolute atomic E-state index is 0.489. The SMILES string of the molecule is COC1([S+]([O-])Cc2ccccc2)CC[N]CC1. The molecule has 0 aromatic heterocycles. The maximum absolute atomic E-state index is 12.5. The van der Waals surface area contributed by atoms with Crippen LogP contribution < -0.4 is 5.32 Å². The van der Waals surface area contributed by atoms with Gasteiger partial charge in [-0.05, 0) is 11.2 Å². The minimum atomic E-state index is -0.998. The standard InChI is InChI=1S/C13H18NO2S/c1-16-13(7-9-14-10-8-13)17(15)11-12-5-3-2-4-6-12/h2-6H,7-11H2,1H3. The number of rotatable bonds is 4. The van der Waals surface area contributed by atoms with E-state index in [4.69, 9.17) is 4.74 Å². The first-order valence-electron chi connectivity index (χ1n) is 5.88. The number of hydrogen-bond acceptors (Lipinski definition) is 2. The number of hydrogen-bond donors (Lipinski definition) is 0. The predicted molar refractivity (Wildman–Crippen MR) is 69.1 cm³/mol. The highest BCUT2D eigenvalue weighted by molar-refractivity contribution is 7.91. The molecule has 0 amide bonds. The zero-order chi connectivity index (χ0) is 12.1. The summed E-state index contributed by atoms with van der Waals surface area (Å²) in [6, 6.07) is 9.94. The lowest BCUT2D eigenvalue weighted by atomic mass is 10.1. The van der Waals surface area contributed by atoms with Crippen LogP contribution in [0.2, 0.25) is 0 Å². The summed E-state index contributed by atoms with van der Waals surface area (Å²) < 4.78 is 18.0. The predicted octanol–water partition coefficient (Wildman–Crippen LogP) is 1.68. The molecule has 2 rings (SSSR count). The van der Waals surface area contributed by atoms with Gasteiger partial charge in [0.05, 0.1) is 0 Å². The lowest BCUT2D eigenvalue weighted by Gasteiger charge is -2.36. The molecule has 0 bridgehead atoms. The molecule has 0 spiro atoms. The average Bonchev–Trinajstić information content (AvgIpc) is 2.40. The van der Waals surface area contributed by atoms with E-state index in [1.807, 2.05) is 30.3 Å². The van der Waals surface area contributed by atoms with E-state index >= 15 is 0 Å². The summed E-state index contributed by atoms with van der Waals surface area (Å²) in [6.07, 6.45) is 1.53. The van der Waals surface area contributed by atoms with Crippen LogP contribution in [-0.4, -0.2) is 29.7 Å². The molecule has 17 heavy (non-hydrogen) atoms. The molecular formula is C13H18NO2S. The van der Waals surface area contributed by atoms with Crippen LogP contribution in [0.25, 0.3) is 0 Å². The molecule has 0 aliphatic carbocycles. The zero-order valence-electron chi connectivity index (χ0n) is 10.1. The van der Waals surface area contributed by atoms with Crippen LogP contribution in [-0.2, 0) is 21.7 Å². The van der Waals surface area contributed by atoms with Crippen molar-refractivity contribution in [2.24, 2.45) is 0 Å². The molecule has 1 atom stereocenters. The molecule has 1 aliphatic rings. The Morgan fingerprint density at radius 2 is 1.94 bits per heavy atom. The molecule has 93 valence electrons. The highest BCUT2D eigenvalue weighted by Gasteiger charge is 2.43. The normalized spacial score (nSPS) is 21.1. The number of methoxy groups -OCH3 is 1. The lowest BCUT2D eigenvalue weighted by molar-refractivity contribution is 0.0352. The van der Waals surface area contributed by atoms with E-state index in [0.717, 1.165) is 31.5 Å². The second-order valence-corrected chi connectivity index (χ2v) is 5.98. The molecule has 1 heterocycles. The Labute approximate surface area is 106 Å². The summed E-state index contributed by atoms with van der Waals surface area (Å²) in [4.78, 5) is -0.489. The van der Waals surface area contributed by atoms with Crippen LogP contribution >= 0.6 is 0 Å². The van der Waals surface area contributed by atoms with Gasteiger partial charge in [0, 0.05) is 38.6 Å². The molecule has 1 saturated heterocycles. The summed E-state index contributed by atoms with van der Waals surface area (Å²) in [5.41, 5.74) is 1.10. The van der Waals surface area contributed by atoms with Crippen LogP contribution in [0.4, 0.5) is 0 Å². The van der Waals surface area contributed by atoms with Crippen molar-refractivity contribution in [1.82, 2.24) is 5.32 Å². The van der Waals surface area contributed by atoms with E-state index in [1.54, 1.807) is 7.11 Å². The smallest absolute Gasteiger partial charge is 0.228 e. The largest absolute Gasteiger partial charge is 0.614 e. The molecule has 1 aromatic carbocycles. The van der Waals surface area contributed by atoms with E-state index in [2.05, 4.69) is 5.32 Å². The Morgan fingerprint density at radius 3 is 2.53 bits per heavy atom. The van der Waals surface area contributed by atoms with Gasteiger partial charge in [0.25, 0.3) is 0 Å². The summed E-state index contributed by atoms with van der Waals surface area (Å²) in [5.74, 6) is 0.564. The Morgan fingerprint density at radius 1 is 1.29 bits per heavy atom. The van der Waals surface area contributed by atoms with Crippen molar-refractivity contribution in [2.75, 3.05) is 20.2 Å². The summed E-state index contributed by atoms with van der Waals surface area (Å²) in [5, 5.41) is 4.30. The molecular weight excluding hydrogens is 234 g/mol. The van der Waals surface area contributed by atoms with Crippen LogP contribution in [0.1, 0.15) is 18.4 Å². The Balaban J connectivity index is 2.04. The maximum atomic E-state index is 12.5. The Hall–Kier alpha value is -0.550. The Bertz CT molecular complexity index is 339. The van der Waals surface area contributed by atoms with Gasteiger partial charge in [-0.15, -0.1) is 0 Å². The molecule has 4 heteroatoms. The molecule has 1 aliphatic heterocycles. The van der Waals surface area contributed by atoms with Gasteiger partial charge in [-0.25, -0.2) is 5.32 Å². The van der Waals surface area contributed by atoms with Crippen molar-refractivity contribution in [3.8, 4) is 0 Å². The summed E-state index contributed by atoms with van der Waals surface area (Å²) in [7, 11) is 1.66. The van der Waals surface area contributed by atoms with Crippen molar-refractivity contribution in [1.29, 1.82) is 0 Å². The van der Waals surface area contributed by atoms with Crippen molar-refractivity contribution < 1.29 is 9.29 Å². The second-order valence-electron chi connectivity index (χ2n) is 4.26. The van der Waals surface area contributed by atoms with Gasteiger partial charge >= 0.3 is 0 Å². The fourth-order valence-electron chi connectivity index (χ4n) is 2.12. The van der Waals surface area contributed by atoms with Gasteiger partial charge in [0.2, 0.25) is 4.93 Å². The van der Waals surface area contributed by atoms with E-state index in [0.29, 0.717) is 5.75 Å². The fourth-order valence-corrected chi connectivity index (χ4v) is 3.70. The van der Waals surface area contributed by atoms with E-state index < -0.39 is 16.1 Å². The topological polar surface area (TPSA) is 46.4 Å². The number of nitrogens with zero attached hydrogens (tertiary/aromatic N) is 1. The van der Waals surface area contributed by atoms with Crippen LogP contribution in [0.15, 0.2) is 30.3 Å². The van der Waals surface area contributed by atoms with Crippen molar-refractivity contribution >= 4 is 11.2 Å². The van der Waals surface area contributed by atoms with Crippen LogP contribution in [0, 0.1) is 0 Å². The highest BCUT2D eigenvalue weighted by Crippen LogP contribution is 2.31. The first-order chi connectivity index (χ1) is 8.27. The first kappa shape index (κ1) is 12.9. The second kappa shape index (κ2) is 5.87. The van der Waals surface area contributed by atoms with E-state index in [-0.39, 0.29) is 0 Å². The van der Waals surface area contributed by atoms with Gasteiger partial charge in [0.1, 0.15) is 5.75 Å². The van der Waals surface area contributed by atoms with Crippen LogP contribution in [0.5, 0.6) is 0 Å². The van der Waals surface area contributed by atoms with Crippen molar-refractivity contribution in [3.05, 3.63) is 35.9 Å². The summed E-state index contributed by atoms with van der Waals surface area (Å²) >= 11 is -0.998. The monoisotopic (exact) mass is 252 g/mol. The van der Waals surface area contributed by atoms with Gasteiger partial charge in [-0.1, -0.05) is 30.3 Å². The van der Waals surface area contributed by atoms with Crippen molar-refractivity contribution in [2.45, 2.75) is 23.5 Å². The third-order valence-corrected chi connectivity index (χ3v) is 5.23. The zero-order valence-corrected chi connectivity index (χ0v) is 10.9. The van der Waals surface area contributed by atoms with Gasteiger partial charge in [-0.2, -0.15) is 0 Å². The molecule has 1 unspecified atom stereocenters. The minimum Gasteiger partial charge on any atom is -0.614 e. The number of benzene rings is 1. The Kier molecular flexibility index (Phi) is 4.45. The van der Waals surface area contributed by atoms with Crippen LogP contribution in [0.3, 0.4) is 0 Å². The quantitative estimate of drug-likeness (QED) is 0.765. The number of piperidine rings is 1. The van der Waals surface area contributed by atoms with Crippen molar-refractivity contribution in [3.63, 3.8) is 0 Å². The van der Waals surface area contributed by atoms with Gasteiger partial charge < -0.3 is 9.29 Å². The number of ether oxygens (including phenoxy) is 1. The molecule has 0 N–H and O–H groups in total. The lowest BCUT2D eigenvalue weighted by Crippen LogP contribution is -2.47. The third-order valence-electron chi connectivity index (χ3n) is 3.23. The molecule has 3 nitrogen and oxygen atoms in total. The maximum Gasteiger partial charge on any atom is 0.228 e. The third kappa shape index (κ3) is 3.01. The molecule has 1 fully saturated rings. The first-order valence-corrected chi connectivity index (χ1v) is 7.19. The fraction of sp³-hybridized carbons (Fsp3) is 0.538. The summed E-state index contributed by atoms with van der Waals surface area (Å²) in [6.45, 7) is 1.52. The van der Waals surface area contributed by atoms with Gasteiger partial charge in [0.15, 0.2) is 0 Å². The highest BCUT2D eigenvalue weighted by atomic mass is 32.2. The molecule has 1 aromatic rings. The van der Waals surface area contributed by atoms with E-state index in [1.165, 1.54) is 0 Å². The average molecular weight is 252 g/mol. The van der Waals surface area contributed by atoms with E-state index in [9.17, 15) is 4.55 Å². The van der Waals surface area contributed by atoms with Gasteiger partial charge in [-0.3, -0.25) is 0 Å². The molecule has 1 radical (unpaired) electrons. The molecule has 0 saturated carbocycles.